The fourth-order valence-corrected chi connectivity index (χ4v) is 2.43. The first kappa shape index (κ1) is 12.0. The third-order valence-corrected chi connectivity index (χ3v) is 3.37. The highest BCUT2D eigenvalue weighted by Gasteiger charge is 2.25. The van der Waals surface area contributed by atoms with Crippen LogP contribution in [0.3, 0.4) is 0 Å². The molecule has 0 saturated carbocycles. The van der Waals surface area contributed by atoms with Crippen LogP contribution in [-0.2, 0) is 16.0 Å². The van der Waals surface area contributed by atoms with Gasteiger partial charge in [-0.05, 0) is 31.4 Å². The number of rotatable bonds is 3. The maximum Gasteiger partial charge on any atom is 0.307 e. The molecular weight excluding hydrogens is 214 g/mol. The number of carbonyl (C=O) groups excluding carboxylic acids is 1. The number of fused-ring (bicyclic) bond motifs is 1. The summed E-state index contributed by atoms with van der Waals surface area (Å²) in [5.41, 5.74) is 2.61. The van der Waals surface area contributed by atoms with Gasteiger partial charge < -0.3 is 9.64 Å². The van der Waals surface area contributed by atoms with Crippen LogP contribution < -0.4 is 4.90 Å². The summed E-state index contributed by atoms with van der Waals surface area (Å²) < 4.78 is 5.02. The van der Waals surface area contributed by atoms with E-state index in [1.54, 1.807) is 0 Å². The second-order valence-electron chi connectivity index (χ2n) is 4.44. The molecule has 17 heavy (non-hydrogen) atoms. The minimum atomic E-state index is -0.0938. The Morgan fingerprint density at radius 2 is 2.24 bits per heavy atom. The molecule has 0 bridgehead atoms. The Hall–Kier alpha value is -1.51. The van der Waals surface area contributed by atoms with Crippen molar-refractivity contribution in [3.8, 4) is 0 Å². The SMILES string of the molecule is CCOC(=O)C[C@@H]1CCc2ccccc2N1C. The van der Waals surface area contributed by atoms with Gasteiger partial charge in [0.2, 0.25) is 0 Å². The molecule has 1 aromatic carbocycles. The Kier molecular flexibility index (Phi) is 3.67. The molecule has 3 heteroatoms. The molecule has 0 N–H and O–H groups in total. The summed E-state index contributed by atoms with van der Waals surface area (Å²) in [6.07, 6.45) is 2.55. The van der Waals surface area contributed by atoms with Crippen molar-refractivity contribution < 1.29 is 9.53 Å². The van der Waals surface area contributed by atoms with Gasteiger partial charge in [-0.3, -0.25) is 4.79 Å². The first-order valence-corrected chi connectivity index (χ1v) is 6.18. The van der Waals surface area contributed by atoms with Crippen LogP contribution in [0.4, 0.5) is 5.69 Å². The molecule has 1 aromatic rings. The lowest BCUT2D eigenvalue weighted by Gasteiger charge is -2.35. The zero-order valence-electron chi connectivity index (χ0n) is 10.5. The van der Waals surface area contributed by atoms with Gasteiger partial charge in [-0.15, -0.1) is 0 Å². The predicted molar refractivity (Wildman–Crippen MR) is 68.2 cm³/mol. The van der Waals surface area contributed by atoms with Crippen molar-refractivity contribution in [3.05, 3.63) is 29.8 Å². The number of benzene rings is 1. The smallest absolute Gasteiger partial charge is 0.307 e. The molecule has 1 atom stereocenters. The van der Waals surface area contributed by atoms with E-state index in [9.17, 15) is 4.79 Å². The van der Waals surface area contributed by atoms with E-state index in [4.69, 9.17) is 4.74 Å². The monoisotopic (exact) mass is 233 g/mol. The Morgan fingerprint density at radius 1 is 1.47 bits per heavy atom. The van der Waals surface area contributed by atoms with Gasteiger partial charge in [0.05, 0.1) is 13.0 Å². The highest BCUT2D eigenvalue weighted by molar-refractivity contribution is 5.71. The minimum absolute atomic E-state index is 0.0938. The number of anilines is 1. The minimum Gasteiger partial charge on any atom is -0.466 e. The number of aryl methyl sites for hydroxylation is 1. The Bertz CT molecular complexity index is 403. The summed E-state index contributed by atoms with van der Waals surface area (Å²) in [6.45, 7) is 2.31. The van der Waals surface area contributed by atoms with Crippen LogP contribution in [0.2, 0.25) is 0 Å². The molecule has 0 fully saturated rings. The fraction of sp³-hybridized carbons (Fsp3) is 0.500. The molecule has 0 radical (unpaired) electrons. The lowest BCUT2D eigenvalue weighted by molar-refractivity contribution is -0.143. The molecule has 0 amide bonds. The van der Waals surface area contributed by atoms with Crippen molar-refractivity contribution in [2.24, 2.45) is 0 Å². The molecule has 1 aliphatic heterocycles. The number of nitrogens with zero attached hydrogens (tertiary/aromatic N) is 1. The largest absolute Gasteiger partial charge is 0.466 e. The lowest BCUT2D eigenvalue weighted by Crippen LogP contribution is -2.38. The quantitative estimate of drug-likeness (QED) is 0.751. The van der Waals surface area contributed by atoms with Gasteiger partial charge >= 0.3 is 5.97 Å². The summed E-state index contributed by atoms with van der Waals surface area (Å²) >= 11 is 0. The highest BCUT2D eigenvalue weighted by Crippen LogP contribution is 2.30. The van der Waals surface area contributed by atoms with Crippen LogP contribution in [0.1, 0.15) is 25.3 Å². The van der Waals surface area contributed by atoms with Gasteiger partial charge in [-0.25, -0.2) is 0 Å². The van der Waals surface area contributed by atoms with Gasteiger partial charge in [0.15, 0.2) is 0 Å². The topological polar surface area (TPSA) is 29.5 Å². The van der Waals surface area contributed by atoms with Crippen LogP contribution in [0.25, 0.3) is 0 Å². The molecule has 92 valence electrons. The van der Waals surface area contributed by atoms with Crippen molar-refractivity contribution in [2.75, 3.05) is 18.6 Å². The average molecular weight is 233 g/mol. The molecule has 0 spiro atoms. The van der Waals surface area contributed by atoms with Gasteiger partial charge in [-0.2, -0.15) is 0 Å². The molecule has 0 aliphatic carbocycles. The molecule has 1 heterocycles. The Morgan fingerprint density at radius 3 is 3.00 bits per heavy atom. The summed E-state index contributed by atoms with van der Waals surface area (Å²) in [6, 6.07) is 8.66. The number of esters is 1. The van der Waals surface area contributed by atoms with Crippen LogP contribution in [-0.4, -0.2) is 25.7 Å². The number of hydrogen-bond donors (Lipinski definition) is 0. The van der Waals surface area contributed by atoms with E-state index in [-0.39, 0.29) is 12.0 Å². The number of ether oxygens (including phenoxy) is 1. The van der Waals surface area contributed by atoms with E-state index < -0.39 is 0 Å². The van der Waals surface area contributed by atoms with E-state index in [1.807, 2.05) is 13.0 Å². The number of carbonyl (C=O) groups is 1. The van der Waals surface area contributed by atoms with Gasteiger partial charge in [0, 0.05) is 18.8 Å². The normalized spacial score (nSPS) is 18.7. The summed E-state index contributed by atoms with van der Waals surface area (Å²) in [5.74, 6) is -0.0938. The van der Waals surface area contributed by atoms with E-state index in [2.05, 4.69) is 30.1 Å². The lowest BCUT2D eigenvalue weighted by atomic mass is 9.94. The van der Waals surface area contributed by atoms with Crippen LogP contribution >= 0.6 is 0 Å². The van der Waals surface area contributed by atoms with Gasteiger partial charge in [0.25, 0.3) is 0 Å². The molecule has 0 aromatic heterocycles. The zero-order valence-corrected chi connectivity index (χ0v) is 10.5. The summed E-state index contributed by atoms with van der Waals surface area (Å²) in [5, 5.41) is 0. The Labute approximate surface area is 102 Å². The second-order valence-corrected chi connectivity index (χ2v) is 4.44. The third-order valence-electron chi connectivity index (χ3n) is 3.37. The van der Waals surface area contributed by atoms with Crippen molar-refractivity contribution in [3.63, 3.8) is 0 Å². The molecule has 2 rings (SSSR count). The number of hydrogen-bond acceptors (Lipinski definition) is 3. The molecule has 0 unspecified atom stereocenters. The van der Waals surface area contributed by atoms with Crippen LogP contribution in [0, 0.1) is 0 Å². The maximum absolute atomic E-state index is 11.5. The van der Waals surface area contributed by atoms with Gasteiger partial charge in [-0.1, -0.05) is 18.2 Å². The Balaban J connectivity index is 2.07. The average Bonchev–Trinajstić information content (AvgIpc) is 2.33. The van der Waals surface area contributed by atoms with Crippen molar-refractivity contribution in [1.82, 2.24) is 0 Å². The molecule has 0 saturated heterocycles. The van der Waals surface area contributed by atoms with Crippen LogP contribution in [0.5, 0.6) is 0 Å². The van der Waals surface area contributed by atoms with E-state index >= 15 is 0 Å². The first-order valence-electron chi connectivity index (χ1n) is 6.18. The van der Waals surface area contributed by atoms with E-state index in [1.165, 1.54) is 11.3 Å². The first-order chi connectivity index (χ1) is 8.22. The van der Waals surface area contributed by atoms with Crippen LogP contribution in [0.15, 0.2) is 24.3 Å². The van der Waals surface area contributed by atoms with Gasteiger partial charge in [0.1, 0.15) is 0 Å². The molecular formula is C14H19NO2. The fourth-order valence-electron chi connectivity index (χ4n) is 2.43. The molecule has 3 nitrogen and oxygen atoms in total. The summed E-state index contributed by atoms with van der Waals surface area (Å²) in [4.78, 5) is 13.7. The third kappa shape index (κ3) is 2.60. The maximum atomic E-state index is 11.5. The number of para-hydroxylation sites is 1. The van der Waals surface area contributed by atoms with E-state index in [0.29, 0.717) is 13.0 Å². The zero-order chi connectivity index (χ0) is 12.3. The predicted octanol–water partition coefficient (Wildman–Crippen LogP) is 2.39. The van der Waals surface area contributed by atoms with E-state index in [0.717, 1.165) is 12.8 Å². The van der Waals surface area contributed by atoms with Crippen molar-refractivity contribution >= 4 is 11.7 Å². The highest BCUT2D eigenvalue weighted by atomic mass is 16.5. The second kappa shape index (κ2) is 5.21. The summed E-state index contributed by atoms with van der Waals surface area (Å²) in [7, 11) is 2.06. The van der Waals surface area contributed by atoms with Crippen molar-refractivity contribution in [2.45, 2.75) is 32.2 Å². The standard InChI is InChI=1S/C14H19NO2/c1-3-17-14(16)10-12-9-8-11-6-4-5-7-13(11)15(12)2/h4-7,12H,3,8-10H2,1-2H3/t12-/m0/s1. The van der Waals surface area contributed by atoms with Crippen molar-refractivity contribution in [1.29, 1.82) is 0 Å². The molecule has 1 aliphatic rings.